The summed E-state index contributed by atoms with van der Waals surface area (Å²) >= 11 is 0. The standard InChI is InChI=1S/C12H21NO4S/c1-3-10(12(15)16)18(17)8(2)11(14)13-9-6-4-5-7-9/h8-10H,3-7H2,1-2H3,(H,13,14)(H,15,16). The Morgan fingerprint density at radius 1 is 1.39 bits per heavy atom. The van der Waals surface area contributed by atoms with E-state index in [-0.39, 0.29) is 18.4 Å². The smallest absolute Gasteiger partial charge is 0.319 e. The largest absolute Gasteiger partial charge is 0.480 e. The van der Waals surface area contributed by atoms with Crippen molar-refractivity contribution in [2.75, 3.05) is 0 Å². The maximum absolute atomic E-state index is 12.0. The average molecular weight is 275 g/mol. The van der Waals surface area contributed by atoms with E-state index in [2.05, 4.69) is 5.32 Å². The number of hydrogen-bond donors (Lipinski definition) is 2. The Morgan fingerprint density at radius 2 is 1.94 bits per heavy atom. The first kappa shape index (κ1) is 15.1. The van der Waals surface area contributed by atoms with Crippen LogP contribution in [0, 0.1) is 0 Å². The van der Waals surface area contributed by atoms with E-state index in [9.17, 15) is 13.8 Å². The van der Waals surface area contributed by atoms with Gasteiger partial charge in [-0.1, -0.05) is 19.8 Å². The molecule has 1 amide bonds. The third-order valence-electron chi connectivity index (χ3n) is 3.35. The van der Waals surface area contributed by atoms with Gasteiger partial charge in [0.2, 0.25) is 5.91 Å². The summed E-state index contributed by atoms with van der Waals surface area (Å²) in [7, 11) is -1.67. The fourth-order valence-electron chi connectivity index (χ4n) is 2.18. The number of carboxylic acid groups (broad SMARTS) is 1. The molecule has 1 rings (SSSR count). The quantitative estimate of drug-likeness (QED) is 0.759. The maximum Gasteiger partial charge on any atom is 0.319 e. The van der Waals surface area contributed by atoms with E-state index in [0.29, 0.717) is 0 Å². The van der Waals surface area contributed by atoms with Gasteiger partial charge >= 0.3 is 5.97 Å². The number of hydrogen-bond acceptors (Lipinski definition) is 3. The van der Waals surface area contributed by atoms with Gasteiger partial charge in [-0.15, -0.1) is 0 Å². The molecule has 0 aromatic rings. The van der Waals surface area contributed by atoms with Crippen molar-refractivity contribution in [2.24, 2.45) is 0 Å². The van der Waals surface area contributed by atoms with Gasteiger partial charge < -0.3 is 10.4 Å². The first-order valence-electron chi connectivity index (χ1n) is 6.40. The normalized spacial score (nSPS) is 21.2. The van der Waals surface area contributed by atoms with Crippen LogP contribution in [-0.4, -0.2) is 37.7 Å². The van der Waals surface area contributed by atoms with E-state index >= 15 is 0 Å². The molecule has 0 radical (unpaired) electrons. The van der Waals surface area contributed by atoms with Gasteiger partial charge in [0.1, 0.15) is 10.5 Å². The number of nitrogens with one attached hydrogen (secondary N) is 1. The van der Waals surface area contributed by atoms with Crippen LogP contribution in [0.15, 0.2) is 0 Å². The van der Waals surface area contributed by atoms with Gasteiger partial charge in [0.15, 0.2) is 0 Å². The van der Waals surface area contributed by atoms with E-state index in [0.717, 1.165) is 25.7 Å². The van der Waals surface area contributed by atoms with Gasteiger partial charge in [-0.05, 0) is 26.2 Å². The van der Waals surface area contributed by atoms with Gasteiger partial charge in [0.25, 0.3) is 0 Å². The number of amides is 1. The Kier molecular flexibility index (Phi) is 5.78. The molecule has 1 aliphatic carbocycles. The molecule has 5 nitrogen and oxygen atoms in total. The van der Waals surface area contributed by atoms with Crippen LogP contribution in [0.3, 0.4) is 0 Å². The highest BCUT2D eigenvalue weighted by molar-refractivity contribution is 7.87. The zero-order chi connectivity index (χ0) is 13.7. The highest BCUT2D eigenvalue weighted by atomic mass is 32.2. The Labute approximate surface area is 110 Å². The lowest BCUT2D eigenvalue weighted by molar-refractivity contribution is -0.136. The van der Waals surface area contributed by atoms with Crippen molar-refractivity contribution < 1.29 is 18.9 Å². The molecule has 3 atom stereocenters. The molecule has 2 N–H and O–H groups in total. The molecule has 104 valence electrons. The third kappa shape index (κ3) is 3.80. The number of carboxylic acids is 1. The Hall–Kier alpha value is -0.910. The van der Waals surface area contributed by atoms with E-state index in [4.69, 9.17) is 5.11 Å². The molecule has 0 bridgehead atoms. The van der Waals surface area contributed by atoms with Crippen molar-refractivity contribution in [3.8, 4) is 0 Å². The van der Waals surface area contributed by atoms with E-state index < -0.39 is 27.3 Å². The first-order chi connectivity index (χ1) is 8.47. The second kappa shape index (κ2) is 6.87. The van der Waals surface area contributed by atoms with Crippen molar-refractivity contribution in [3.63, 3.8) is 0 Å². The Balaban J connectivity index is 2.56. The zero-order valence-electron chi connectivity index (χ0n) is 10.8. The first-order valence-corrected chi connectivity index (χ1v) is 7.67. The summed E-state index contributed by atoms with van der Waals surface area (Å²) in [6.07, 6.45) is 4.40. The van der Waals surface area contributed by atoms with Crippen molar-refractivity contribution >= 4 is 22.7 Å². The van der Waals surface area contributed by atoms with Crippen LogP contribution in [0.25, 0.3) is 0 Å². The minimum Gasteiger partial charge on any atom is -0.480 e. The molecule has 1 aliphatic rings. The van der Waals surface area contributed by atoms with Gasteiger partial charge in [0.05, 0.1) is 0 Å². The average Bonchev–Trinajstić information content (AvgIpc) is 2.80. The highest BCUT2D eigenvalue weighted by Crippen LogP contribution is 2.18. The Morgan fingerprint density at radius 3 is 2.39 bits per heavy atom. The lowest BCUT2D eigenvalue weighted by Gasteiger charge is -2.18. The van der Waals surface area contributed by atoms with Gasteiger partial charge in [-0.2, -0.15) is 0 Å². The fraction of sp³-hybridized carbons (Fsp3) is 0.833. The van der Waals surface area contributed by atoms with E-state index in [1.165, 1.54) is 6.92 Å². The van der Waals surface area contributed by atoms with Crippen LogP contribution in [0.2, 0.25) is 0 Å². The second-order valence-corrected chi connectivity index (χ2v) is 6.63. The SMILES string of the molecule is CCC(C(=O)O)S(=O)C(C)C(=O)NC1CCCC1. The number of rotatable bonds is 6. The molecular formula is C12H21NO4S. The maximum atomic E-state index is 12.0. The lowest BCUT2D eigenvalue weighted by Crippen LogP contribution is -2.44. The fourth-order valence-corrected chi connectivity index (χ4v) is 3.48. The lowest BCUT2D eigenvalue weighted by atomic mass is 10.2. The molecule has 1 fully saturated rings. The van der Waals surface area contributed by atoms with Crippen molar-refractivity contribution in [3.05, 3.63) is 0 Å². The summed E-state index contributed by atoms with van der Waals surface area (Å²) < 4.78 is 12.0. The molecule has 18 heavy (non-hydrogen) atoms. The minimum atomic E-state index is -1.67. The van der Waals surface area contributed by atoms with E-state index in [1.807, 2.05) is 0 Å². The molecular weight excluding hydrogens is 254 g/mol. The predicted octanol–water partition coefficient (Wildman–Crippen LogP) is 1.05. The summed E-state index contributed by atoms with van der Waals surface area (Å²) in [5, 5.41) is 10.1. The van der Waals surface area contributed by atoms with Gasteiger partial charge in [-0.3, -0.25) is 13.8 Å². The molecule has 0 aliphatic heterocycles. The molecule has 3 unspecified atom stereocenters. The summed E-state index contributed by atoms with van der Waals surface area (Å²) in [6.45, 7) is 3.20. The summed E-state index contributed by atoms with van der Waals surface area (Å²) in [4.78, 5) is 22.8. The van der Waals surface area contributed by atoms with Crippen LogP contribution in [0.4, 0.5) is 0 Å². The van der Waals surface area contributed by atoms with Crippen molar-refractivity contribution in [2.45, 2.75) is 62.5 Å². The van der Waals surface area contributed by atoms with Crippen LogP contribution < -0.4 is 5.32 Å². The predicted molar refractivity (Wildman–Crippen MR) is 69.7 cm³/mol. The summed E-state index contributed by atoms with van der Waals surface area (Å²) in [6, 6.07) is 0.168. The highest BCUT2D eigenvalue weighted by Gasteiger charge is 2.32. The van der Waals surface area contributed by atoms with Crippen molar-refractivity contribution in [1.29, 1.82) is 0 Å². The molecule has 1 saturated carbocycles. The van der Waals surface area contributed by atoms with Crippen LogP contribution in [-0.2, 0) is 20.4 Å². The number of carbonyl (C=O) groups is 2. The van der Waals surface area contributed by atoms with Gasteiger partial charge in [0, 0.05) is 16.8 Å². The topological polar surface area (TPSA) is 83.5 Å². The van der Waals surface area contributed by atoms with Crippen LogP contribution in [0.1, 0.15) is 46.0 Å². The number of aliphatic carboxylic acids is 1. The molecule has 6 heteroatoms. The third-order valence-corrected chi connectivity index (χ3v) is 5.35. The molecule has 0 heterocycles. The second-order valence-electron chi connectivity index (χ2n) is 4.70. The summed E-state index contributed by atoms with van der Waals surface area (Å²) in [5.74, 6) is -1.39. The molecule has 0 spiro atoms. The zero-order valence-corrected chi connectivity index (χ0v) is 11.7. The molecule has 0 aromatic heterocycles. The Bertz CT molecular complexity index is 339. The van der Waals surface area contributed by atoms with E-state index in [1.54, 1.807) is 6.92 Å². The summed E-state index contributed by atoms with van der Waals surface area (Å²) in [5.41, 5.74) is 0. The van der Waals surface area contributed by atoms with Crippen LogP contribution >= 0.6 is 0 Å². The monoisotopic (exact) mass is 275 g/mol. The molecule has 0 saturated heterocycles. The van der Waals surface area contributed by atoms with Crippen molar-refractivity contribution in [1.82, 2.24) is 5.32 Å². The number of carbonyl (C=O) groups excluding carboxylic acids is 1. The van der Waals surface area contributed by atoms with Gasteiger partial charge in [-0.25, -0.2) is 0 Å². The molecule has 0 aromatic carbocycles. The minimum absolute atomic E-state index is 0.168. The van der Waals surface area contributed by atoms with Crippen LogP contribution in [0.5, 0.6) is 0 Å².